The van der Waals surface area contributed by atoms with E-state index in [1.165, 1.54) is 28.8 Å². The third kappa shape index (κ3) is 16.3. The lowest BCUT2D eigenvalue weighted by atomic mass is 9.63. The summed E-state index contributed by atoms with van der Waals surface area (Å²) in [5, 5.41) is 50.5. The number of urea groups is 1. The molecule has 0 bridgehead atoms. The van der Waals surface area contributed by atoms with Crippen LogP contribution in [0.2, 0.25) is 0 Å². The van der Waals surface area contributed by atoms with Gasteiger partial charge in [0.1, 0.15) is 0 Å². The van der Waals surface area contributed by atoms with Gasteiger partial charge in [-0.1, -0.05) is 122 Å². The molecule has 0 spiro atoms. The molecule has 1 heterocycles. The van der Waals surface area contributed by atoms with Crippen LogP contribution in [-0.4, -0.2) is 90.4 Å². The topological polar surface area (TPSA) is 140 Å². The number of nitrogens with zero attached hydrogens (tertiary/aromatic N) is 1. The highest BCUT2D eigenvalue weighted by molar-refractivity contribution is 8.14. The van der Waals surface area contributed by atoms with Crippen LogP contribution in [0.1, 0.15) is 175 Å². The lowest BCUT2D eigenvalue weighted by Gasteiger charge is -2.49. The first-order chi connectivity index (χ1) is 30.5. The number of aliphatic hydroxyl groups excluding tert-OH is 3. The minimum atomic E-state index is -4.54. The van der Waals surface area contributed by atoms with Crippen molar-refractivity contribution in [3.05, 3.63) is 29.8 Å². The van der Waals surface area contributed by atoms with Crippen LogP contribution in [0.25, 0.3) is 0 Å². The molecule has 1 aliphatic heterocycles. The molecule has 392 valence electrons. The predicted octanol–water partition coefficient (Wildman–Crippen LogP) is 12.5. The zero-order valence-corrected chi connectivity index (χ0v) is 46.8. The lowest BCUT2D eigenvalue weighted by Crippen LogP contribution is -2.55. The van der Waals surface area contributed by atoms with Gasteiger partial charge in [0, 0.05) is 22.9 Å². The second-order valence-corrected chi connectivity index (χ2v) is 22.9. The number of thioether (sulfide) groups is 1. The molecule has 3 aliphatic rings. The Hall–Kier alpha value is -1.47. The zero-order valence-electron chi connectivity index (χ0n) is 44.5. The Kier molecular flexibility index (Phi) is 25.4. The third-order valence-corrected chi connectivity index (χ3v) is 17.3. The summed E-state index contributed by atoms with van der Waals surface area (Å²) in [6.45, 7) is 33.8. The summed E-state index contributed by atoms with van der Waals surface area (Å²) >= 11 is 1.19. The number of halogens is 3. The highest BCUT2D eigenvalue weighted by Gasteiger charge is 2.50. The predicted molar refractivity (Wildman–Crippen MR) is 276 cm³/mol. The Morgan fingerprint density at radius 1 is 0.836 bits per heavy atom. The molecule has 0 aromatic heterocycles. The van der Waals surface area contributed by atoms with E-state index in [0.29, 0.717) is 31.6 Å². The molecule has 2 amide bonds. The molecule has 4 rings (SSSR count). The fourth-order valence-corrected chi connectivity index (χ4v) is 13.1. The van der Waals surface area contributed by atoms with Gasteiger partial charge in [0.05, 0.1) is 53.6 Å². The van der Waals surface area contributed by atoms with E-state index < -0.39 is 76.5 Å². The van der Waals surface area contributed by atoms with Gasteiger partial charge in [-0.15, -0.1) is 0 Å². The summed E-state index contributed by atoms with van der Waals surface area (Å²) < 4.78 is 47.4. The molecular formula is C53H96F3N2O7PS. The molecule has 3 fully saturated rings. The molecule has 9 nitrogen and oxygen atoms in total. The lowest BCUT2D eigenvalue weighted by molar-refractivity contribution is -0.163. The Labute approximate surface area is 412 Å². The number of aliphatic hydroxyl groups is 4. The first kappa shape index (κ1) is 63.5. The zero-order chi connectivity index (χ0) is 50.9. The SMILES string of the molecule is CC.CC.CCC1CC(C)CC(C[C@@H]2[C@@H](C)[C@H](O[C@@H]3CC(C)[C@H](O)C(C)(C)C3)C(C)C(=O)S[C@H](CC)C(C)(C)C(O)C(C)N(C(=O)Nc3ccc(C(F)(F)F)cc3)C[C@H](C)C[C@@]2(C)O)[C@@H]1O.P. The molecule has 0 radical (unpaired) electrons. The minimum absolute atomic E-state index is 0. The number of anilines is 1. The number of nitrogens with one attached hydrogen (secondary N) is 1. The molecule has 17 atom stereocenters. The van der Waals surface area contributed by atoms with Crippen molar-refractivity contribution < 1.29 is 47.9 Å². The molecule has 67 heavy (non-hydrogen) atoms. The standard InChI is InChI=1S/C49H81F3N2O7S.2C2H6.H3P/c1-14-33-20-27(3)21-34(40(33)55)23-38-30(6)41(61-37-22-29(5)42(56)46(9,10)25-37)31(7)44(58)62-39(15-2)47(11,12)43(57)32(8)54(26-28(4)24-48(38,13)60)45(59)53-36-18-16-35(17-19-36)49(50,51)52;2*1-2;/h16-19,27-34,37-43,55-57,60H,14-15,20-26H2,1-13H3,(H,53,59);2*1-2H3;1H3/t27?,28-,29?,30-,31?,32?,33?,34?,37-,38-,39-,40-,41+,42+,43?,48-;;;/m1.../s1. The van der Waals surface area contributed by atoms with Crippen LogP contribution in [-0.2, 0) is 15.7 Å². The van der Waals surface area contributed by atoms with Gasteiger partial charge in [-0.3, -0.25) is 4.79 Å². The second-order valence-electron chi connectivity index (χ2n) is 21.7. The molecule has 5 N–H and O–H groups in total. The molecule has 2 aliphatic carbocycles. The van der Waals surface area contributed by atoms with Crippen LogP contribution in [0.4, 0.5) is 23.7 Å². The molecule has 1 aromatic rings. The summed E-state index contributed by atoms with van der Waals surface area (Å²) in [7, 11) is 0. The quantitative estimate of drug-likeness (QED) is 0.170. The van der Waals surface area contributed by atoms with Crippen molar-refractivity contribution in [2.24, 2.45) is 58.2 Å². The first-order valence-corrected chi connectivity index (χ1v) is 26.3. The van der Waals surface area contributed by atoms with Crippen LogP contribution < -0.4 is 5.32 Å². The maximum Gasteiger partial charge on any atom is 0.416 e. The van der Waals surface area contributed by atoms with E-state index in [4.69, 9.17) is 4.74 Å². The summed E-state index contributed by atoms with van der Waals surface area (Å²) in [6, 6.07) is 2.82. The minimum Gasteiger partial charge on any atom is -0.393 e. The molecule has 2 saturated carbocycles. The largest absolute Gasteiger partial charge is 0.416 e. The van der Waals surface area contributed by atoms with Crippen molar-refractivity contribution in [3.8, 4) is 0 Å². The van der Waals surface area contributed by atoms with Crippen molar-refractivity contribution in [2.75, 3.05) is 11.9 Å². The van der Waals surface area contributed by atoms with E-state index in [9.17, 15) is 43.2 Å². The number of hydrogen-bond donors (Lipinski definition) is 5. The van der Waals surface area contributed by atoms with Crippen LogP contribution in [0.3, 0.4) is 0 Å². The maximum absolute atomic E-state index is 14.8. The molecule has 8 unspecified atom stereocenters. The first-order valence-electron chi connectivity index (χ1n) is 25.4. The van der Waals surface area contributed by atoms with Gasteiger partial charge >= 0.3 is 12.2 Å². The number of benzene rings is 1. The smallest absolute Gasteiger partial charge is 0.393 e. The van der Waals surface area contributed by atoms with Crippen molar-refractivity contribution >= 4 is 38.5 Å². The van der Waals surface area contributed by atoms with Crippen molar-refractivity contribution in [3.63, 3.8) is 0 Å². The number of hydrogen-bond acceptors (Lipinski definition) is 8. The van der Waals surface area contributed by atoms with Gasteiger partial charge < -0.3 is 35.4 Å². The Balaban J connectivity index is 0.00000437. The average Bonchev–Trinajstić information content (AvgIpc) is 3.25. The summed E-state index contributed by atoms with van der Waals surface area (Å²) in [6.07, 6.45) is -2.52. The number of alkyl halides is 3. The Bertz CT molecular complexity index is 1630. The highest BCUT2D eigenvalue weighted by Crippen LogP contribution is 2.49. The van der Waals surface area contributed by atoms with Gasteiger partial charge in [0.25, 0.3) is 0 Å². The van der Waals surface area contributed by atoms with E-state index in [2.05, 4.69) is 26.1 Å². The average molecular weight is 993 g/mol. The fourth-order valence-electron chi connectivity index (χ4n) is 11.9. The van der Waals surface area contributed by atoms with Crippen molar-refractivity contribution in [1.82, 2.24) is 4.90 Å². The Morgan fingerprint density at radius 2 is 1.39 bits per heavy atom. The van der Waals surface area contributed by atoms with Gasteiger partial charge in [0.15, 0.2) is 5.12 Å². The van der Waals surface area contributed by atoms with E-state index in [1.54, 1.807) is 6.92 Å². The molecule has 1 saturated heterocycles. The van der Waals surface area contributed by atoms with Crippen molar-refractivity contribution in [1.29, 1.82) is 0 Å². The van der Waals surface area contributed by atoms with Crippen molar-refractivity contribution in [2.45, 2.75) is 223 Å². The monoisotopic (exact) mass is 993 g/mol. The molecule has 1 aromatic carbocycles. The number of carbonyl (C=O) groups excluding carboxylic acids is 2. The Morgan fingerprint density at radius 3 is 1.90 bits per heavy atom. The second kappa shape index (κ2) is 26.8. The van der Waals surface area contributed by atoms with Crippen LogP contribution in [0, 0.1) is 58.2 Å². The van der Waals surface area contributed by atoms with Crippen LogP contribution in [0.15, 0.2) is 24.3 Å². The van der Waals surface area contributed by atoms with E-state index in [0.717, 1.165) is 31.4 Å². The van der Waals surface area contributed by atoms with E-state index in [-0.39, 0.29) is 74.6 Å². The van der Waals surface area contributed by atoms with Crippen LogP contribution >= 0.6 is 21.7 Å². The highest BCUT2D eigenvalue weighted by atomic mass is 32.2. The maximum atomic E-state index is 14.8. The summed E-state index contributed by atoms with van der Waals surface area (Å²) in [5.41, 5.74) is -3.37. The van der Waals surface area contributed by atoms with Gasteiger partial charge in [-0.25, -0.2) is 4.79 Å². The number of ether oxygens (including phenoxy) is 1. The summed E-state index contributed by atoms with van der Waals surface area (Å²) in [5.74, 6) is -1.39. The number of rotatable bonds is 7. The van der Waals surface area contributed by atoms with Gasteiger partial charge in [0.2, 0.25) is 0 Å². The van der Waals surface area contributed by atoms with Crippen LogP contribution in [0.5, 0.6) is 0 Å². The normalized spacial score (nSPS) is 37.5. The number of carbonyl (C=O) groups is 2. The van der Waals surface area contributed by atoms with Gasteiger partial charge in [-0.2, -0.15) is 23.1 Å². The fraction of sp³-hybridized carbons (Fsp3) is 0.849. The molecule has 14 heteroatoms. The number of amides is 2. The van der Waals surface area contributed by atoms with E-state index in [1.807, 2.05) is 90.0 Å². The summed E-state index contributed by atoms with van der Waals surface area (Å²) in [4.78, 5) is 30.6. The molecular weight excluding hydrogens is 897 g/mol. The third-order valence-electron chi connectivity index (χ3n) is 15.5. The van der Waals surface area contributed by atoms with Gasteiger partial charge in [-0.05, 0) is 130 Å². The van der Waals surface area contributed by atoms with E-state index >= 15 is 0 Å².